The van der Waals surface area contributed by atoms with Crippen molar-refractivity contribution in [3.8, 4) is 44.5 Å². The minimum atomic E-state index is -0.238. The molecule has 2 heteroatoms. The Morgan fingerprint density at radius 1 is 0.348 bits per heavy atom. The minimum Gasteiger partial charge on any atom is -0.311 e. The zero-order valence-electron chi connectivity index (χ0n) is 37.8. The van der Waals surface area contributed by atoms with Gasteiger partial charge in [0.1, 0.15) is 0 Å². The Kier molecular flexibility index (Phi) is 10.4. The van der Waals surface area contributed by atoms with Crippen molar-refractivity contribution in [1.82, 2.24) is 0 Å². The summed E-state index contributed by atoms with van der Waals surface area (Å²) in [6, 6.07) is 83.9. The SMILES string of the molecule is CC1(c2ccc(-c3ccccc3)cc2)C=CC(N(c2ccccc2)c2ccc3c(c2)C(C)(C)c2cc(N(c4ccccc4)c4ccc(-c5ccc(-c6ccccc6)cc5)cc4)ccc2-3)=CC1. The fraction of sp³-hybridized carbons (Fsp3) is 0.0938. The number of para-hydroxylation sites is 2. The van der Waals surface area contributed by atoms with E-state index in [2.05, 4.69) is 279 Å². The van der Waals surface area contributed by atoms with E-state index in [-0.39, 0.29) is 10.8 Å². The maximum atomic E-state index is 2.44. The molecule has 0 aliphatic heterocycles. The molecule has 0 saturated carbocycles. The molecule has 0 spiro atoms. The van der Waals surface area contributed by atoms with Gasteiger partial charge in [-0.15, -0.1) is 0 Å². The van der Waals surface area contributed by atoms with Crippen molar-refractivity contribution < 1.29 is 0 Å². The van der Waals surface area contributed by atoms with Gasteiger partial charge in [0.25, 0.3) is 0 Å². The van der Waals surface area contributed by atoms with E-state index in [4.69, 9.17) is 0 Å². The Bertz CT molecular complexity index is 3200. The van der Waals surface area contributed by atoms with E-state index >= 15 is 0 Å². The van der Waals surface area contributed by atoms with E-state index in [1.54, 1.807) is 0 Å². The van der Waals surface area contributed by atoms with Gasteiger partial charge in [-0.05, 0) is 134 Å². The molecule has 2 aliphatic carbocycles. The molecule has 11 rings (SSSR count). The van der Waals surface area contributed by atoms with Crippen molar-refractivity contribution in [3.63, 3.8) is 0 Å². The Hall–Kier alpha value is -7.94. The van der Waals surface area contributed by atoms with Crippen LogP contribution in [0.2, 0.25) is 0 Å². The molecule has 0 N–H and O–H groups in total. The lowest BCUT2D eigenvalue weighted by Gasteiger charge is -2.34. The van der Waals surface area contributed by atoms with Crippen LogP contribution in [-0.4, -0.2) is 0 Å². The van der Waals surface area contributed by atoms with E-state index in [1.165, 1.54) is 66.9 Å². The van der Waals surface area contributed by atoms with Gasteiger partial charge in [-0.1, -0.05) is 203 Å². The molecular formula is C64H52N2. The molecular weight excluding hydrogens is 797 g/mol. The first-order valence-corrected chi connectivity index (χ1v) is 23.1. The molecule has 0 bridgehead atoms. The summed E-state index contributed by atoms with van der Waals surface area (Å²) >= 11 is 0. The standard InChI is InChI=1S/C64H52N2/c1-63(2)61-44-57(65(53-20-12-6-13-21-53)55-34-30-51(31-35-55)49-26-24-48(25-27-49)46-16-8-4-9-17-46)36-38-59(61)60-39-37-58(45-62(60)63)66(54-22-14-7-15-23-54)56-40-42-64(3,43-41-56)52-32-28-50(29-33-52)47-18-10-5-11-19-47/h4-42,44-45H,43H2,1-3H3. The molecule has 0 aromatic heterocycles. The smallest absolute Gasteiger partial charge is 0.0465 e. The summed E-state index contributed by atoms with van der Waals surface area (Å²) in [6.07, 6.45) is 8.05. The number of hydrogen-bond donors (Lipinski definition) is 0. The van der Waals surface area contributed by atoms with E-state index < -0.39 is 0 Å². The Morgan fingerprint density at radius 2 is 0.712 bits per heavy atom. The summed E-state index contributed by atoms with van der Waals surface area (Å²) in [7, 11) is 0. The average Bonchev–Trinajstić information content (AvgIpc) is 3.60. The molecule has 318 valence electrons. The van der Waals surface area contributed by atoms with Crippen LogP contribution in [0.15, 0.2) is 254 Å². The summed E-state index contributed by atoms with van der Waals surface area (Å²) in [5.41, 5.74) is 20.5. The zero-order chi connectivity index (χ0) is 44.7. The lowest BCUT2D eigenvalue weighted by molar-refractivity contribution is 0.595. The molecule has 0 heterocycles. The van der Waals surface area contributed by atoms with Gasteiger partial charge in [-0.3, -0.25) is 0 Å². The molecule has 1 atom stereocenters. The van der Waals surface area contributed by atoms with Crippen molar-refractivity contribution in [2.24, 2.45) is 0 Å². The second-order valence-corrected chi connectivity index (χ2v) is 18.4. The van der Waals surface area contributed by atoms with Crippen molar-refractivity contribution in [1.29, 1.82) is 0 Å². The lowest BCUT2D eigenvalue weighted by atomic mass is 9.76. The Labute approximate surface area is 390 Å². The highest BCUT2D eigenvalue weighted by Crippen LogP contribution is 2.52. The van der Waals surface area contributed by atoms with Crippen molar-refractivity contribution >= 4 is 28.4 Å². The third-order valence-electron chi connectivity index (χ3n) is 13.9. The molecule has 2 aliphatic rings. The first-order chi connectivity index (χ1) is 32.3. The molecule has 0 radical (unpaired) electrons. The largest absolute Gasteiger partial charge is 0.311 e. The zero-order valence-corrected chi connectivity index (χ0v) is 37.8. The molecule has 0 fully saturated rings. The fourth-order valence-electron chi connectivity index (χ4n) is 10.1. The molecule has 66 heavy (non-hydrogen) atoms. The summed E-state index contributed by atoms with van der Waals surface area (Å²) in [4.78, 5) is 4.81. The van der Waals surface area contributed by atoms with E-state index in [1.807, 2.05) is 0 Å². The summed E-state index contributed by atoms with van der Waals surface area (Å²) in [5, 5.41) is 0. The molecule has 2 nitrogen and oxygen atoms in total. The van der Waals surface area contributed by atoms with Crippen LogP contribution >= 0.6 is 0 Å². The van der Waals surface area contributed by atoms with Crippen LogP contribution in [0.4, 0.5) is 28.4 Å². The number of hydrogen-bond acceptors (Lipinski definition) is 2. The van der Waals surface area contributed by atoms with Gasteiger partial charge in [-0.25, -0.2) is 0 Å². The summed E-state index contributed by atoms with van der Waals surface area (Å²) in [5.74, 6) is 0. The molecule has 0 amide bonds. The van der Waals surface area contributed by atoms with Crippen LogP contribution < -0.4 is 9.80 Å². The topological polar surface area (TPSA) is 6.48 Å². The average molecular weight is 849 g/mol. The maximum absolute atomic E-state index is 2.44. The highest BCUT2D eigenvalue weighted by molar-refractivity contribution is 5.88. The van der Waals surface area contributed by atoms with Gasteiger partial charge in [0, 0.05) is 45.0 Å². The van der Waals surface area contributed by atoms with Crippen molar-refractivity contribution in [2.75, 3.05) is 9.80 Å². The third kappa shape index (κ3) is 7.55. The lowest BCUT2D eigenvalue weighted by Crippen LogP contribution is -2.24. The normalized spacial score (nSPS) is 15.7. The molecule has 9 aromatic rings. The number of rotatable bonds is 10. The first kappa shape index (κ1) is 40.8. The predicted molar refractivity (Wildman–Crippen MR) is 279 cm³/mol. The summed E-state index contributed by atoms with van der Waals surface area (Å²) in [6.45, 7) is 7.12. The van der Waals surface area contributed by atoms with Crippen molar-refractivity contribution in [3.05, 3.63) is 271 Å². The van der Waals surface area contributed by atoms with Crippen LogP contribution in [0.25, 0.3) is 44.5 Å². The number of allylic oxidation sites excluding steroid dienone is 3. The predicted octanol–water partition coefficient (Wildman–Crippen LogP) is 17.4. The van der Waals surface area contributed by atoms with Gasteiger partial charge in [0.15, 0.2) is 0 Å². The molecule has 1 unspecified atom stereocenters. The quantitative estimate of drug-likeness (QED) is 0.135. The molecule has 0 saturated heterocycles. The first-order valence-electron chi connectivity index (χ1n) is 23.1. The van der Waals surface area contributed by atoms with Crippen LogP contribution in [0.1, 0.15) is 43.9 Å². The van der Waals surface area contributed by atoms with Crippen molar-refractivity contribution in [2.45, 2.75) is 38.0 Å². The van der Waals surface area contributed by atoms with Crippen LogP contribution in [0.5, 0.6) is 0 Å². The fourth-order valence-corrected chi connectivity index (χ4v) is 10.1. The number of anilines is 5. The number of benzene rings is 9. The van der Waals surface area contributed by atoms with Crippen LogP contribution in [0, 0.1) is 0 Å². The monoisotopic (exact) mass is 848 g/mol. The number of fused-ring (bicyclic) bond motifs is 3. The second-order valence-electron chi connectivity index (χ2n) is 18.4. The van der Waals surface area contributed by atoms with Gasteiger partial charge in [0.2, 0.25) is 0 Å². The highest BCUT2D eigenvalue weighted by Gasteiger charge is 2.37. The molecule has 9 aromatic carbocycles. The van der Waals surface area contributed by atoms with Gasteiger partial charge < -0.3 is 9.80 Å². The van der Waals surface area contributed by atoms with Crippen LogP contribution in [0.3, 0.4) is 0 Å². The van der Waals surface area contributed by atoms with Gasteiger partial charge >= 0.3 is 0 Å². The minimum absolute atomic E-state index is 0.106. The van der Waals surface area contributed by atoms with E-state index in [9.17, 15) is 0 Å². The van der Waals surface area contributed by atoms with Gasteiger partial charge in [0.05, 0.1) is 0 Å². The number of nitrogens with zero attached hydrogens (tertiary/aromatic N) is 2. The summed E-state index contributed by atoms with van der Waals surface area (Å²) < 4.78 is 0. The van der Waals surface area contributed by atoms with E-state index in [0.717, 1.165) is 34.9 Å². The third-order valence-corrected chi connectivity index (χ3v) is 13.9. The van der Waals surface area contributed by atoms with Crippen LogP contribution in [-0.2, 0) is 10.8 Å². The Morgan fingerprint density at radius 3 is 1.17 bits per heavy atom. The van der Waals surface area contributed by atoms with Gasteiger partial charge in [-0.2, -0.15) is 0 Å². The maximum Gasteiger partial charge on any atom is 0.0465 e. The Balaban J connectivity index is 0.895. The second kappa shape index (κ2) is 16.9. The van der Waals surface area contributed by atoms with E-state index in [0.29, 0.717) is 0 Å². The highest BCUT2D eigenvalue weighted by atomic mass is 15.2.